The lowest BCUT2D eigenvalue weighted by molar-refractivity contribution is 1.18. The third kappa shape index (κ3) is 2.79. The van der Waals surface area contributed by atoms with Crippen LogP contribution in [0.25, 0.3) is 0 Å². The second kappa shape index (κ2) is 4.60. The number of anilines is 1. The largest absolute Gasteiger partial charge is 0.399 e. The monoisotopic (exact) mass is 161 g/mol. The predicted octanol–water partition coefficient (Wildman–Crippen LogP) is 2.78. The van der Waals surface area contributed by atoms with Crippen LogP contribution in [0.3, 0.4) is 0 Å². The quantitative estimate of drug-likeness (QED) is 0.535. The van der Waals surface area contributed by atoms with Gasteiger partial charge in [-0.3, -0.25) is 0 Å². The number of rotatable bonds is 3. The van der Waals surface area contributed by atoms with Gasteiger partial charge in [0, 0.05) is 5.69 Å². The van der Waals surface area contributed by atoms with E-state index in [2.05, 4.69) is 31.2 Å². The van der Waals surface area contributed by atoms with Gasteiger partial charge in [0.2, 0.25) is 0 Å². The minimum absolute atomic E-state index is 0.832. The van der Waals surface area contributed by atoms with Crippen molar-refractivity contribution < 1.29 is 0 Å². The lowest BCUT2D eigenvalue weighted by atomic mass is 10.1. The molecular weight excluding hydrogens is 146 g/mol. The normalized spacial score (nSPS) is 10.8. The fourth-order valence-corrected chi connectivity index (χ4v) is 1.04. The Morgan fingerprint density at radius 2 is 1.83 bits per heavy atom. The Balaban J connectivity index is 2.53. The van der Waals surface area contributed by atoms with Crippen LogP contribution < -0.4 is 5.73 Å². The number of allylic oxidation sites excluding steroid dienone is 2. The summed E-state index contributed by atoms with van der Waals surface area (Å²) in [5.41, 5.74) is 7.71. The van der Waals surface area contributed by atoms with Gasteiger partial charge in [0.05, 0.1) is 0 Å². The fourth-order valence-electron chi connectivity index (χ4n) is 1.04. The Hall–Kier alpha value is -1.24. The van der Waals surface area contributed by atoms with E-state index in [4.69, 9.17) is 5.73 Å². The average molecular weight is 161 g/mol. The fraction of sp³-hybridized carbons (Fsp3) is 0.273. The molecule has 1 heteroatoms. The zero-order chi connectivity index (χ0) is 8.81. The summed E-state index contributed by atoms with van der Waals surface area (Å²) < 4.78 is 0. The van der Waals surface area contributed by atoms with Gasteiger partial charge in [0.1, 0.15) is 0 Å². The summed E-state index contributed by atoms with van der Waals surface area (Å²) in [6.07, 6.45) is 6.48. The molecule has 0 aliphatic heterocycles. The lowest BCUT2D eigenvalue weighted by Gasteiger charge is -1.96. The van der Waals surface area contributed by atoms with Crippen LogP contribution in [0.5, 0.6) is 0 Å². The molecule has 0 unspecified atom stereocenters. The van der Waals surface area contributed by atoms with Crippen LogP contribution in [0.2, 0.25) is 0 Å². The molecule has 12 heavy (non-hydrogen) atoms. The molecule has 0 saturated heterocycles. The number of nitrogen functional groups attached to an aromatic ring is 1. The van der Waals surface area contributed by atoms with Gasteiger partial charge in [0.25, 0.3) is 0 Å². The molecule has 0 aliphatic carbocycles. The maximum absolute atomic E-state index is 5.56. The summed E-state index contributed by atoms with van der Waals surface area (Å²) in [7, 11) is 0. The predicted molar refractivity (Wildman–Crippen MR) is 54.0 cm³/mol. The summed E-state index contributed by atoms with van der Waals surface area (Å²) in [5.74, 6) is 0. The molecule has 0 aromatic heterocycles. The zero-order valence-corrected chi connectivity index (χ0v) is 7.46. The van der Waals surface area contributed by atoms with Crippen LogP contribution in [0.15, 0.2) is 36.4 Å². The number of nitrogens with two attached hydrogens (primary N) is 1. The van der Waals surface area contributed by atoms with E-state index < -0.39 is 0 Å². The molecular formula is C11H15N. The van der Waals surface area contributed by atoms with Crippen molar-refractivity contribution in [2.45, 2.75) is 19.8 Å². The second-order valence-electron chi connectivity index (χ2n) is 2.83. The molecule has 0 saturated carbocycles. The molecule has 0 radical (unpaired) electrons. The highest BCUT2D eigenvalue weighted by atomic mass is 14.5. The zero-order valence-electron chi connectivity index (χ0n) is 7.46. The smallest absolute Gasteiger partial charge is 0.0314 e. The van der Waals surface area contributed by atoms with E-state index in [-0.39, 0.29) is 0 Å². The molecule has 64 valence electrons. The molecule has 0 spiro atoms. The van der Waals surface area contributed by atoms with E-state index in [1.54, 1.807) is 0 Å². The van der Waals surface area contributed by atoms with E-state index in [0.29, 0.717) is 0 Å². The Kier molecular flexibility index (Phi) is 3.39. The van der Waals surface area contributed by atoms with E-state index in [1.165, 1.54) is 5.56 Å². The third-order valence-electron chi connectivity index (χ3n) is 1.74. The molecule has 0 aliphatic rings. The van der Waals surface area contributed by atoms with Crippen molar-refractivity contribution in [3.8, 4) is 0 Å². The average Bonchev–Trinajstić information content (AvgIpc) is 2.09. The topological polar surface area (TPSA) is 26.0 Å². The van der Waals surface area contributed by atoms with Gasteiger partial charge < -0.3 is 5.73 Å². The Bertz CT molecular complexity index is 246. The van der Waals surface area contributed by atoms with Crippen LogP contribution in [0.1, 0.15) is 18.9 Å². The van der Waals surface area contributed by atoms with Crippen LogP contribution in [0.4, 0.5) is 5.69 Å². The van der Waals surface area contributed by atoms with Gasteiger partial charge in [-0.1, -0.05) is 31.2 Å². The van der Waals surface area contributed by atoms with Crippen LogP contribution >= 0.6 is 0 Å². The molecule has 0 atom stereocenters. The third-order valence-corrected chi connectivity index (χ3v) is 1.74. The van der Waals surface area contributed by atoms with E-state index >= 15 is 0 Å². The number of hydrogen-bond donors (Lipinski definition) is 1. The maximum atomic E-state index is 5.56. The van der Waals surface area contributed by atoms with Crippen LogP contribution in [-0.4, -0.2) is 0 Å². The Morgan fingerprint density at radius 3 is 2.42 bits per heavy atom. The molecule has 1 aromatic rings. The van der Waals surface area contributed by atoms with E-state index in [0.717, 1.165) is 18.5 Å². The van der Waals surface area contributed by atoms with Gasteiger partial charge in [-0.15, -0.1) is 0 Å². The summed E-state index contributed by atoms with van der Waals surface area (Å²) in [4.78, 5) is 0. The van der Waals surface area contributed by atoms with Crippen molar-refractivity contribution in [1.29, 1.82) is 0 Å². The molecule has 1 aromatic carbocycles. The summed E-state index contributed by atoms with van der Waals surface area (Å²) in [6, 6.07) is 8.01. The second-order valence-corrected chi connectivity index (χ2v) is 2.83. The van der Waals surface area contributed by atoms with Crippen LogP contribution in [0, 0.1) is 0 Å². The van der Waals surface area contributed by atoms with Crippen molar-refractivity contribution in [2.75, 3.05) is 5.73 Å². The Labute approximate surface area is 73.9 Å². The van der Waals surface area contributed by atoms with Gasteiger partial charge in [-0.05, 0) is 30.5 Å². The van der Waals surface area contributed by atoms with Crippen molar-refractivity contribution >= 4 is 5.69 Å². The maximum Gasteiger partial charge on any atom is 0.0314 e. The van der Waals surface area contributed by atoms with Crippen molar-refractivity contribution in [3.63, 3.8) is 0 Å². The molecule has 1 rings (SSSR count). The molecule has 1 nitrogen and oxygen atoms in total. The molecule has 2 N–H and O–H groups in total. The molecule has 0 amide bonds. The standard InChI is InChI=1S/C11H15N/c1-2-3-4-5-10-6-8-11(12)9-7-10/h3-4,6-9H,2,5,12H2,1H3/b4-3+. The van der Waals surface area contributed by atoms with Crippen molar-refractivity contribution in [1.82, 2.24) is 0 Å². The minimum atomic E-state index is 0.832. The first-order valence-corrected chi connectivity index (χ1v) is 4.32. The SMILES string of the molecule is CC/C=C/Cc1ccc(N)cc1. The molecule has 0 heterocycles. The Morgan fingerprint density at radius 1 is 1.17 bits per heavy atom. The number of benzene rings is 1. The highest BCUT2D eigenvalue weighted by molar-refractivity contribution is 5.39. The molecule has 0 bridgehead atoms. The summed E-state index contributed by atoms with van der Waals surface area (Å²) in [5, 5.41) is 0. The highest BCUT2D eigenvalue weighted by Crippen LogP contribution is 2.06. The van der Waals surface area contributed by atoms with Crippen molar-refractivity contribution in [3.05, 3.63) is 42.0 Å². The minimum Gasteiger partial charge on any atom is -0.399 e. The first kappa shape index (κ1) is 8.85. The summed E-state index contributed by atoms with van der Waals surface area (Å²) in [6.45, 7) is 2.14. The molecule has 0 fully saturated rings. The van der Waals surface area contributed by atoms with Gasteiger partial charge in [-0.25, -0.2) is 0 Å². The first-order chi connectivity index (χ1) is 5.83. The lowest BCUT2D eigenvalue weighted by Crippen LogP contribution is -1.85. The van der Waals surface area contributed by atoms with Gasteiger partial charge in [-0.2, -0.15) is 0 Å². The van der Waals surface area contributed by atoms with E-state index in [1.807, 2.05) is 12.1 Å². The van der Waals surface area contributed by atoms with E-state index in [9.17, 15) is 0 Å². The van der Waals surface area contributed by atoms with Crippen LogP contribution in [-0.2, 0) is 6.42 Å². The first-order valence-electron chi connectivity index (χ1n) is 4.32. The highest BCUT2D eigenvalue weighted by Gasteiger charge is 1.87. The van der Waals surface area contributed by atoms with Gasteiger partial charge >= 0.3 is 0 Å². The summed E-state index contributed by atoms with van der Waals surface area (Å²) >= 11 is 0. The van der Waals surface area contributed by atoms with Crippen molar-refractivity contribution in [2.24, 2.45) is 0 Å². The number of hydrogen-bond acceptors (Lipinski definition) is 1. The van der Waals surface area contributed by atoms with Gasteiger partial charge in [0.15, 0.2) is 0 Å².